The predicted molar refractivity (Wildman–Crippen MR) is 75.7 cm³/mol. The number of Topliss-reactive ketones (excluding diaryl/α,β-unsaturated/α-hetero) is 1. The lowest BCUT2D eigenvalue weighted by Crippen LogP contribution is -2.35. The molecule has 0 radical (unpaired) electrons. The van der Waals surface area contributed by atoms with Gasteiger partial charge in [0.15, 0.2) is 5.78 Å². The molecule has 0 aromatic heterocycles. The van der Waals surface area contributed by atoms with Crippen molar-refractivity contribution in [3.8, 4) is 0 Å². The Labute approximate surface area is 114 Å². The van der Waals surface area contributed by atoms with E-state index in [1.54, 1.807) is 6.92 Å². The molecule has 1 rings (SSSR count). The van der Waals surface area contributed by atoms with E-state index < -0.39 is 6.10 Å². The summed E-state index contributed by atoms with van der Waals surface area (Å²) in [6, 6.07) is 0. The molecule has 1 aliphatic rings. The number of rotatable bonds is 3. The highest BCUT2D eigenvalue weighted by Gasteiger charge is 2.36. The van der Waals surface area contributed by atoms with E-state index in [4.69, 9.17) is 11.6 Å². The molecule has 0 fully saturated rings. The molecule has 18 heavy (non-hydrogen) atoms. The zero-order valence-electron chi connectivity index (χ0n) is 11.5. The van der Waals surface area contributed by atoms with Gasteiger partial charge in [0.2, 0.25) is 0 Å². The number of carbonyl (C=O) groups is 1. The van der Waals surface area contributed by atoms with Crippen LogP contribution in [0, 0.1) is 5.41 Å². The number of allylic oxidation sites excluding steroid dienone is 5. The summed E-state index contributed by atoms with van der Waals surface area (Å²) >= 11 is 5.64. The number of carbonyl (C=O) groups excluding carboxylic acids is 1. The van der Waals surface area contributed by atoms with Crippen molar-refractivity contribution in [2.45, 2.75) is 40.2 Å². The number of ketones is 1. The molecule has 1 N–H and O–H groups in total. The van der Waals surface area contributed by atoms with Crippen LogP contribution in [0.4, 0.5) is 0 Å². The van der Waals surface area contributed by atoms with Gasteiger partial charge >= 0.3 is 0 Å². The normalized spacial score (nSPS) is 25.1. The summed E-state index contributed by atoms with van der Waals surface area (Å²) in [7, 11) is 0. The zero-order chi connectivity index (χ0) is 13.9. The highest BCUT2D eigenvalue weighted by Crippen LogP contribution is 2.39. The fourth-order valence-electron chi connectivity index (χ4n) is 2.33. The Bertz CT molecular complexity index is 428. The molecule has 0 spiro atoms. The Morgan fingerprint density at radius 3 is 2.72 bits per heavy atom. The second-order valence-electron chi connectivity index (χ2n) is 5.44. The van der Waals surface area contributed by atoms with Crippen LogP contribution in [-0.2, 0) is 4.79 Å². The topological polar surface area (TPSA) is 37.3 Å². The maximum atomic E-state index is 11.8. The van der Waals surface area contributed by atoms with Gasteiger partial charge in [-0.1, -0.05) is 37.6 Å². The molecule has 1 aliphatic carbocycles. The number of hydrogen-bond acceptors (Lipinski definition) is 2. The summed E-state index contributed by atoms with van der Waals surface area (Å²) in [5.74, 6) is 0.322. The van der Waals surface area contributed by atoms with Gasteiger partial charge < -0.3 is 5.11 Å². The first kappa shape index (κ1) is 15.2. The molecular formula is C15H21ClO2. The summed E-state index contributed by atoms with van der Waals surface area (Å²) in [4.78, 5) is 11.8. The van der Waals surface area contributed by atoms with Crippen LogP contribution in [0.5, 0.6) is 0 Å². The fraction of sp³-hybridized carbons (Fsp3) is 0.533. The van der Waals surface area contributed by atoms with E-state index in [9.17, 15) is 9.90 Å². The van der Waals surface area contributed by atoms with Crippen molar-refractivity contribution in [1.29, 1.82) is 0 Å². The quantitative estimate of drug-likeness (QED) is 0.629. The van der Waals surface area contributed by atoms with Crippen molar-refractivity contribution in [2.75, 3.05) is 5.88 Å². The van der Waals surface area contributed by atoms with Gasteiger partial charge in [-0.25, -0.2) is 0 Å². The first-order chi connectivity index (χ1) is 8.29. The summed E-state index contributed by atoms with van der Waals surface area (Å²) in [5.41, 5.74) is 2.54. The minimum Gasteiger partial charge on any atom is -0.385 e. The van der Waals surface area contributed by atoms with Gasteiger partial charge in [-0.15, -0.1) is 11.6 Å². The van der Waals surface area contributed by atoms with Crippen LogP contribution >= 0.6 is 11.6 Å². The van der Waals surface area contributed by atoms with Crippen LogP contribution in [-0.4, -0.2) is 22.9 Å². The molecule has 0 amide bonds. The van der Waals surface area contributed by atoms with Crippen molar-refractivity contribution >= 4 is 17.4 Å². The van der Waals surface area contributed by atoms with Gasteiger partial charge in [0.25, 0.3) is 0 Å². The molecule has 0 bridgehead atoms. The third-order valence-electron chi connectivity index (χ3n) is 3.42. The molecule has 2 nitrogen and oxygen atoms in total. The van der Waals surface area contributed by atoms with Gasteiger partial charge in [0.05, 0.1) is 0 Å². The lowest BCUT2D eigenvalue weighted by molar-refractivity contribution is -0.125. The molecule has 0 aliphatic heterocycles. The van der Waals surface area contributed by atoms with Crippen LogP contribution in [0.2, 0.25) is 0 Å². The summed E-state index contributed by atoms with van der Waals surface area (Å²) in [5, 5.41) is 9.73. The van der Waals surface area contributed by atoms with Crippen LogP contribution in [0.25, 0.3) is 0 Å². The minimum absolute atomic E-state index is 0.159. The molecular weight excluding hydrogens is 248 g/mol. The summed E-state index contributed by atoms with van der Waals surface area (Å²) in [6.07, 6.45) is 5.46. The van der Waals surface area contributed by atoms with E-state index in [1.165, 1.54) is 0 Å². The molecule has 0 aromatic rings. The highest BCUT2D eigenvalue weighted by atomic mass is 35.5. The summed E-state index contributed by atoms with van der Waals surface area (Å²) < 4.78 is 0. The highest BCUT2D eigenvalue weighted by molar-refractivity contribution is 6.18. The monoisotopic (exact) mass is 268 g/mol. The van der Waals surface area contributed by atoms with Crippen LogP contribution in [0.15, 0.2) is 34.9 Å². The smallest absolute Gasteiger partial charge is 0.187 e. The van der Waals surface area contributed by atoms with Crippen molar-refractivity contribution in [2.24, 2.45) is 5.41 Å². The Morgan fingerprint density at radius 2 is 2.17 bits per heavy atom. The largest absolute Gasteiger partial charge is 0.385 e. The van der Waals surface area contributed by atoms with Gasteiger partial charge in [0, 0.05) is 5.88 Å². The average molecular weight is 269 g/mol. The van der Waals surface area contributed by atoms with Gasteiger partial charge in [-0.05, 0) is 36.8 Å². The van der Waals surface area contributed by atoms with Crippen LogP contribution < -0.4 is 0 Å². The second-order valence-corrected chi connectivity index (χ2v) is 5.75. The van der Waals surface area contributed by atoms with E-state index >= 15 is 0 Å². The summed E-state index contributed by atoms with van der Waals surface area (Å²) in [6.45, 7) is 7.85. The number of hydrogen-bond donors (Lipinski definition) is 1. The van der Waals surface area contributed by atoms with Crippen LogP contribution in [0.3, 0.4) is 0 Å². The Kier molecular flexibility index (Phi) is 4.94. The van der Waals surface area contributed by atoms with Crippen molar-refractivity contribution < 1.29 is 9.90 Å². The number of alkyl halides is 1. The van der Waals surface area contributed by atoms with Gasteiger partial charge in [-0.2, -0.15) is 0 Å². The van der Waals surface area contributed by atoms with E-state index in [0.29, 0.717) is 17.9 Å². The third-order valence-corrected chi connectivity index (χ3v) is 3.58. The zero-order valence-corrected chi connectivity index (χ0v) is 12.2. The van der Waals surface area contributed by atoms with E-state index in [0.717, 1.165) is 11.1 Å². The number of halogens is 1. The Balaban J connectivity index is 3.11. The molecule has 1 atom stereocenters. The maximum Gasteiger partial charge on any atom is 0.187 e. The Hall–Kier alpha value is -0.860. The van der Waals surface area contributed by atoms with Gasteiger partial charge in [-0.3, -0.25) is 4.79 Å². The lowest BCUT2D eigenvalue weighted by Gasteiger charge is -2.34. The van der Waals surface area contributed by atoms with E-state index in [2.05, 4.69) is 0 Å². The fourth-order valence-corrected chi connectivity index (χ4v) is 2.57. The standard InChI is InChI=1S/C15H21ClO2/c1-10(7-8-16)5-6-12-11(2)14(18)13(17)9-15(12,3)4/h5-7,13,17H,8-9H2,1-4H3/b6-5-,10-7+. The molecule has 1 unspecified atom stereocenters. The van der Waals surface area contributed by atoms with E-state index in [1.807, 2.05) is 39.0 Å². The molecule has 0 saturated carbocycles. The predicted octanol–water partition coefficient (Wildman–Crippen LogP) is 3.40. The van der Waals surface area contributed by atoms with Gasteiger partial charge in [0.1, 0.15) is 6.10 Å². The van der Waals surface area contributed by atoms with Crippen LogP contribution in [0.1, 0.15) is 34.1 Å². The first-order valence-corrected chi connectivity index (χ1v) is 6.67. The molecule has 0 saturated heterocycles. The third kappa shape index (κ3) is 3.33. The average Bonchev–Trinajstić information content (AvgIpc) is 2.25. The Morgan fingerprint density at radius 1 is 1.56 bits per heavy atom. The van der Waals surface area contributed by atoms with E-state index in [-0.39, 0.29) is 11.2 Å². The first-order valence-electron chi connectivity index (χ1n) is 6.14. The van der Waals surface area contributed by atoms with Crippen molar-refractivity contribution in [1.82, 2.24) is 0 Å². The van der Waals surface area contributed by atoms with Crippen molar-refractivity contribution in [3.05, 3.63) is 34.9 Å². The maximum absolute atomic E-state index is 11.8. The molecule has 0 aromatic carbocycles. The molecule has 100 valence electrons. The minimum atomic E-state index is -0.864. The molecule has 0 heterocycles. The molecule has 3 heteroatoms. The van der Waals surface area contributed by atoms with Crippen molar-refractivity contribution in [3.63, 3.8) is 0 Å². The second kappa shape index (κ2) is 5.85. The number of aliphatic hydroxyl groups is 1. The SMILES string of the molecule is CC1=C(/C=C\C(C)=C\CCl)C(C)(C)CC(O)C1=O. The lowest BCUT2D eigenvalue weighted by atomic mass is 9.71. The number of aliphatic hydroxyl groups excluding tert-OH is 1.